The lowest BCUT2D eigenvalue weighted by atomic mass is 9.85. The standard InChI is InChI=1S/C16H30N4.HI/c17-16(20-10-4-1-2-5-11-20)18-14-12-15(13-14)19-8-6-3-7-9-19;/h14-15H,1-13H2,(H2,17,18);1H. The van der Waals surface area contributed by atoms with Crippen LogP contribution in [0, 0.1) is 0 Å². The van der Waals surface area contributed by atoms with Crippen LogP contribution in [-0.2, 0) is 0 Å². The molecule has 0 aromatic rings. The Morgan fingerprint density at radius 3 is 1.95 bits per heavy atom. The van der Waals surface area contributed by atoms with Crippen LogP contribution >= 0.6 is 24.0 Å². The number of aliphatic imine (C=N–C) groups is 1. The molecule has 0 radical (unpaired) electrons. The van der Waals surface area contributed by atoms with Gasteiger partial charge in [-0.2, -0.15) is 0 Å². The monoisotopic (exact) mass is 406 g/mol. The number of halogens is 1. The summed E-state index contributed by atoms with van der Waals surface area (Å²) in [7, 11) is 0. The van der Waals surface area contributed by atoms with E-state index >= 15 is 0 Å². The van der Waals surface area contributed by atoms with Crippen LogP contribution in [0.4, 0.5) is 0 Å². The maximum absolute atomic E-state index is 6.21. The molecule has 3 rings (SSSR count). The van der Waals surface area contributed by atoms with Crippen LogP contribution in [0.15, 0.2) is 4.99 Å². The summed E-state index contributed by atoms with van der Waals surface area (Å²) < 4.78 is 0. The molecule has 2 saturated heterocycles. The van der Waals surface area contributed by atoms with Gasteiger partial charge in [0.05, 0.1) is 6.04 Å². The molecule has 0 bridgehead atoms. The Morgan fingerprint density at radius 2 is 1.33 bits per heavy atom. The summed E-state index contributed by atoms with van der Waals surface area (Å²) in [5, 5.41) is 0. The minimum absolute atomic E-state index is 0. The molecule has 3 fully saturated rings. The lowest BCUT2D eigenvalue weighted by Crippen LogP contribution is -2.49. The highest BCUT2D eigenvalue weighted by molar-refractivity contribution is 14.0. The third kappa shape index (κ3) is 4.71. The molecule has 122 valence electrons. The van der Waals surface area contributed by atoms with Crippen molar-refractivity contribution in [3.05, 3.63) is 0 Å². The van der Waals surface area contributed by atoms with Crippen LogP contribution in [0.2, 0.25) is 0 Å². The Bertz CT molecular complexity index is 327. The van der Waals surface area contributed by atoms with Gasteiger partial charge < -0.3 is 15.5 Å². The zero-order valence-electron chi connectivity index (χ0n) is 13.2. The Kier molecular flexibility index (Phi) is 7.05. The Labute approximate surface area is 146 Å². The van der Waals surface area contributed by atoms with Crippen molar-refractivity contribution in [2.75, 3.05) is 26.2 Å². The van der Waals surface area contributed by atoms with Crippen LogP contribution in [-0.4, -0.2) is 54.0 Å². The van der Waals surface area contributed by atoms with Gasteiger partial charge in [0.25, 0.3) is 0 Å². The molecular formula is C16H31IN4. The molecule has 3 aliphatic rings. The van der Waals surface area contributed by atoms with E-state index in [0.717, 1.165) is 25.1 Å². The van der Waals surface area contributed by atoms with Gasteiger partial charge in [-0.1, -0.05) is 19.3 Å². The van der Waals surface area contributed by atoms with Gasteiger partial charge in [0.1, 0.15) is 0 Å². The molecule has 2 heterocycles. The van der Waals surface area contributed by atoms with Crippen molar-refractivity contribution >= 4 is 29.9 Å². The second kappa shape index (κ2) is 8.56. The van der Waals surface area contributed by atoms with Crippen LogP contribution in [0.1, 0.15) is 57.8 Å². The van der Waals surface area contributed by atoms with Crippen LogP contribution in [0.5, 0.6) is 0 Å². The predicted octanol–water partition coefficient (Wildman–Crippen LogP) is 2.81. The number of nitrogens with zero attached hydrogens (tertiary/aromatic N) is 3. The quantitative estimate of drug-likeness (QED) is 0.436. The molecule has 0 unspecified atom stereocenters. The van der Waals surface area contributed by atoms with Gasteiger partial charge in [-0.3, -0.25) is 0 Å². The van der Waals surface area contributed by atoms with Crippen molar-refractivity contribution < 1.29 is 0 Å². The number of nitrogens with two attached hydrogens (primary N) is 1. The summed E-state index contributed by atoms with van der Waals surface area (Å²) in [5.74, 6) is 0.814. The first kappa shape index (κ1) is 17.3. The zero-order valence-corrected chi connectivity index (χ0v) is 15.5. The second-order valence-electron chi connectivity index (χ2n) is 6.76. The number of rotatable bonds is 2. The molecule has 0 atom stereocenters. The fourth-order valence-corrected chi connectivity index (χ4v) is 3.81. The molecule has 21 heavy (non-hydrogen) atoms. The topological polar surface area (TPSA) is 44.9 Å². The molecule has 2 N–H and O–H groups in total. The summed E-state index contributed by atoms with van der Waals surface area (Å²) in [5.41, 5.74) is 6.21. The van der Waals surface area contributed by atoms with Gasteiger partial charge in [-0.25, -0.2) is 4.99 Å². The summed E-state index contributed by atoms with van der Waals surface area (Å²) >= 11 is 0. The Hall–Kier alpha value is -0.0400. The van der Waals surface area contributed by atoms with Crippen molar-refractivity contribution in [3.8, 4) is 0 Å². The maximum atomic E-state index is 6.21. The van der Waals surface area contributed by atoms with E-state index in [1.807, 2.05) is 0 Å². The number of guanidine groups is 1. The summed E-state index contributed by atoms with van der Waals surface area (Å²) in [4.78, 5) is 9.77. The maximum Gasteiger partial charge on any atom is 0.191 e. The van der Waals surface area contributed by atoms with Gasteiger partial charge in [0.2, 0.25) is 0 Å². The number of hydrogen-bond acceptors (Lipinski definition) is 2. The molecular weight excluding hydrogens is 375 g/mol. The molecule has 0 aromatic carbocycles. The van der Waals surface area contributed by atoms with Gasteiger partial charge >= 0.3 is 0 Å². The molecule has 0 amide bonds. The van der Waals surface area contributed by atoms with Crippen molar-refractivity contribution in [3.63, 3.8) is 0 Å². The van der Waals surface area contributed by atoms with E-state index in [0.29, 0.717) is 6.04 Å². The fraction of sp³-hybridized carbons (Fsp3) is 0.938. The van der Waals surface area contributed by atoms with Gasteiger partial charge in [-0.05, 0) is 51.6 Å². The first-order chi connectivity index (χ1) is 9.83. The fourth-order valence-electron chi connectivity index (χ4n) is 3.81. The van der Waals surface area contributed by atoms with E-state index in [2.05, 4.69) is 9.80 Å². The Morgan fingerprint density at radius 1 is 0.810 bits per heavy atom. The first-order valence-corrected chi connectivity index (χ1v) is 8.65. The molecule has 0 spiro atoms. The van der Waals surface area contributed by atoms with Crippen molar-refractivity contribution in [2.45, 2.75) is 69.9 Å². The van der Waals surface area contributed by atoms with Crippen molar-refractivity contribution in [1.82, 2.24) is 9.80 Å². The molecule has 5 heteroatoms. The average molecular weight is 406 g/mol. The van der Waals surface area contributed by atoms with E-state index in [1.165, 1.54) is 70.9 Å². The lowest BCUT2D eigenvalue weighted by Gasteiger charge is -2.43. The largest absolute Gasteiger partial charge is 0.370 e. The van der Waals surface area contributed by atoms with Crippen LogP contribution in [0.25, 0.3) is 0 Å². The molecule has 1 saturated carbocycles. The zero-order chi connectivity index (χ0) is 13.8. The van der Waals surface area contributed by atoms with E-state index in [-0.39, 0.29) is 24.0 Å². The highest BCUT2D eigenvalue weighted by Crippen LogP contribution is 2.30. The predicted molar refractivity (Wildman–Crippen MR) is 99.3 cm³/mol. The van der Waals surface area contributed by atoms with Crippen LogP contribution < -0.4 is 5.73 Å². The second-order valence-corrected chi connectivity index (χ2v) is 6.76. The first-order valence-electron chi connectivity index (χ1n) is 8.65. The van der Waals surface area contributed by atoms with Gasteiger partial charge in [-0.15, -0.1) is 24.0 Å². The molecule has 4 nitrogen and oxygen atoms in total. The van der Waals surface area contributed by atoms with Crippen LogP contribution in [0.3, 0.4) is 0 Å². The summed E-state index contributed by atoms with van der Waals surface area (Å²) in [6, 6.07) is 1.28. The van der Waals surface area contributed by atoms with E-state index in [1.54, 1.807) is 0 Å². The van der Waals surface area contributed by atoms with E-state index in [9.17, 15) is 0 Å². The lowest BCUT2D eigenvalue weighted by molar-refractivity contribution is 0.0908. The number of piperidine rings is 1. The summed E-state index contributed by atoms with van der Waals surface area (Å²) in [6.45, 7) is 4.83. The van der Waals surface area contributed by atoms with Gasteiger partial charge in [0.15, 0.2) is 5.96 Å². The highest BCUT2D eigenvalue weighted by atomic mass is 127. The summed E-state index contributed by atoms with van der Waals surface area (Å²) in [6.07, 6.45) is 11.9. The molecule has 2 aliphatic heterocycles. The third-order valence-corrected chi connectivity index (χ3v) is 5.24. The average Bonchev–Trinajstić information content (AvgIpc) is 2.72. The van der Waals surface area contributed by atoms with Gasteiger partial charge in [0, 0.05) is 19.1 Å². The third-order valence-electron chi connectivity index (χ3n) is 5.24. The minimum atomic E-state index is 0. The molecule has 1 aliphatic carbocycles. The number of hydrogen-bond donors (Lipinski definition) is 1. The highest BCUT2D eigenvalue weighted by Gasteiger charge is 2.34. The van der Waals surface area contributed by atoms with E-state index < -0.39 is 0 Å². The normalized spacial score (nSPS) is 32.0. The van der Waals surface area contributed by atoms with Crippen molar-refractivity contribution in [2.24, 2.45) is 10.7 Å². The number of likely N-dealkylation sites (tertiary alicyclic amines) is 2. The Balaban J connectivity index is 0.00000161. The molecule has 0 aromatic heterocycles. The smallest absolute Gasteiger partial charge is 0.191 e. The van der Waals surface area contributed by atoms with Crippen molar-refractivity contribution in [1.29, 1.82) is 0 Å². The minimum Gasteiger partial charge on any atom is -0.370 e. The SMILES string of the molecule is I.NC(=NC1CC(N2CCCCC2)C1)N1CCCCCC1. The van der Waals surface area contributed by atoms with E-state index in [4.69, 9.17) is 10.7 Å².